The number of carbonyl (C=O) groups excluding carboxylic acids is 1. The van der Waals surface area contributed by atoms with Crippen LogP contribution < -0.4 is 0 Å². The SMILES string of the molecule is CCCCCC1CC2CN(C)CCC2CC1=O. The fourth-order valence-electron chi connectivity index (χ4n) is 3.64. The number of hydrogen-bond acceptors (Lipinski definition) is 2. The summed E-state index contributed by atoms with van der Waals surface area (Å²) < 4.78 is 0. The lowest BCUT2D eigenvalue weighted by Crippen LogP contribution is -2.43. The number of Topliss-reactive ketones (excluding diaryl/α,β-unsaturated/α-hetero) is 1. The normalized spacial score (nSPS) is 34.7. The van der Waals surface area contributed by atoms with Crippen molar-refractivity contribution in [2.45, 2.75) is 51.9 Å². The summed E-state index contributed by atoms with van der Waals surface area (Å²) in [6, 6.07) is 0. The molecular formula is C15H27NO. The second kappa shape index (κ2) is 5.99. The van der Waals surface area contributed by atoms with E-state index in [4.69, 9.17) is 0 Å². The summed E-state index contributed by atoms with van der Waals surface area (Å²) in [5, 5.41) is 0. The van der Waals surface area contributed by atoms with E-state index in [2.05, 4.69) is 18.9 Å². The Morgan fingerprint density at radius 2 is 2.12 bits per heavy atom. The maximum absolute atomic E-state index is 12.1. The Kier molecular flexibility index (Phi) is 4.61. The highest BCUT2D eigenvalue weighted by Gasteiger charge is 2.37. The highest BCUT2D eigenvalue weighted by Crippen LogP contribution is 2.38. The molecule has 1 heterocycles. The first kappa shape index (κ1) is 13.1. The zero-order valence-electron chi connectivity index (χ0n) is 11.5. The highest BCUT2D eigenvalue weighted by atomic mass is 16.1. The number of ketones is 1. The minimum atomic E-state index is 0.397. The standard InChI is InChI=1S/C15H27NO/c1-3-4-5-6-13-9-14-11-16(2)8-7-12(14)10-15(13)17/h12-14H,3-11H2,1-2H3. The lowest BCUT2D eigenvalue weighted by Gasteiger charge is -2.42. The van der Waals surface area contributed by atoms with E-state index < -0.39 is 0 Å². The molecule has 3 atom stereocenters. The maximum Gasteiger partial charge on any atom is 0.136 e. The minimum Gasteiger partial charge on any atom is -0.306 e. The third kappa shape index (κ3) is 3.31. The molecule has 0 N–H and O–H groups in total. The van der Waals surface area contributed by atoms with Crippen molar-refractivity contribution in [3.05, 3.63) is 0 Å². The lowest BCUT2D eigenvalue weighted by molar-refractivity contribution is -0.129. The fourth-order valence-corrected chi connectivity index (χ4v) is 3.64. The summed E-state index contributed by atoms with van der Waals surface area (Å²) in [5.41, 5.74) is 0. The van der Waals surface area contributed by atoms with Crippen LogP contribution in [0.5, 0.6) is 0 Å². The molecule has 17 heavy (non-hydrogen) atoms. The molecule has 1 saturated carbocycles. The van der Waals surface area contributed by atoms with E-state index >= 15 is 0 Å². The molecule has 1 saturated heterocycles. The zero-order chi connectivity index (χ0) is 12.3. The Morgan fingerprint density at radius 3 is 2.88 bits per heavy atom. The molecule has 0 aromatic rings. The van der Waals surface area contributed by atoms with Gasteiger partial charge in [-0.05, 0) is 44.7 Å². The van der Waals surface area contributed by atoms with Crippen molar-refractivity contribution in [2.75, 3.05) is 20.1 Å². The van der Waals surface area contributed by atoms with Gasteiger partial charge < -0.3 is 4.90 Å². The Hall–Kier alpha value is -0.370. The molecule has 2 nitrogen and oxygen atoms in total. The average Bonchev–Trinajstić information content (AvgIpc) is 2.31. The Bertz CT molecular complexity index is 264. The molecule has 2 fully saturated rings. The molecule has 0 aromatic heterocycles. The number of fused-ring (bicyclic) bond motifs is 1. The van der Waals surface area contributed by atoms with Crippen LogP contribution >= 0.6 is 0 Å². The second-order valence-corrected chi connectivity index (χ2v) is 6.17. The van der Waals surface area contributed by atoms with E-state index in [0.717, 1.165) is 18.8 Å². The number of rotatable bonds is 4. The molecule has 2 heteroatoms. The van der Waals surface area contributed by atoms with Gasteiger partial charge in [0, 0.05) is 18.9 Å². The van der Waals surface area contributed by atoms with Crippen LogP contribution in [0.3, 0.4) is 0 Å². The average molecular weight is 237 g/mol. The summed E-state index contributed by atoms with van der Waals surface area (Å²) in [7, 11) is 2.22. The number of likely N-dealkylation sites (tertiary alicyclic amines) is 1. The summed E-state index contributed by atoms with van der Waals surface area (Å²) in [6.07, 6.45) is 8.26. The molecule has 0 amide bonds. The van der Waals surface area contributed by atoms with Crippen molar-refractivity contribution < 1.29 is 4.79 Å². The minimum absolute atomic E-state index is 0.397. The van der Waals surface area contributed by atoms with Gasteiger partial charge in [-0.15, -0.1) is 0 Å². The van der Waals surface area contributed by atoms with Gasteiger partial charge in [0.1, 0.15) is 5.78 Å². The molecule has 0 aromatic carbocycles. The van der Waals surface area contributed by atoms with Crippen LogP contribution in [-0.4, -0.2) is 30.8 Å². The second-order valence-electron chi connectivity index (χ2n) is 6.17. The number of hydrogen-bond donors (Lipinski definition) is 0. The third-order valence-electron chi connectivity index (χ3n) is 4.76. The van der Waals surface area contributed by atoms with E-state index in [1.807, 2.05) is 0 Å². The van der Waals surface area contributed by atoms with Gasteiger partial charge in [0.2, 0.25) is 0 Å². The molecular weight excluding hydrogens is 210 g/mol. The van der Waals surface area contributed by atoms with Crippen molar-refractivity contribution in [2.24, 2.45) is 17.8 Å². The first-order chi connectivity index (χ1) is 8.20. The first-order valence-electron chi connectivity index (χ1n) is 7.42. The topological polar surface area (TPSA) is 20.3 Å². The van der Waals surface area contributed by atoms with Gasteiger partial charge in [-0.1, -0.05) is 26.2 Å². The zero-order valence-corrected chi connectivity index (χ0v) is 11.5. The summed E-state index contributed by atoms with van der Waals surface area (Å²) in [6.45, 7) is 4.64. The first-order valence-corrected chi connectivity index (χ1v) is 7.42. The van der Waals surface area contributed by atoms with Crippen LogP contribution in [0.2, 0.25) is 0 Å². The van der Waals surface area contributed by atoms with Gasteiger partial charge in [0.05, 0.1) is 0 Å². The van der Waals surface area contributed by atoms with E-state index in [1.54, 1.807) is 0 Å². The van der Waals surface area contributed by atoms with Crippen molar-refractivity contribution in [1.82, 2.24) is 4.90 Å². The Labute approximate surface area is 106 Å². The predicted octanol–water partition coefficient (Wildman–Crippen LogP) is 3.11. The summed E-state index contributed by atoms with van der Waals surface area (Å²) in [4.78, 5) is 14.6. The van der Waals surface area contributed by atoms with Gasteiger partial charge in [-0.25, -0.2) is 0 Å². The van der Waals surface area contributed by atoms with Crippen LogP contribution in [-0.2, 0) is 4.79 Å². The van der Waals surface area contributed by atoms with Crippen molar-refractivity contribution in [3.8, 4) is 0 Å². The molecule has 1 aliphatic carbocycles. The number of nitrogens with zero attached hydrogens (tertiary/aromatic N) is 1. The number of piperidine rings is 1. The van der Waals surface area contributed by atoms with Crippen LogP contribution in [0.25, 0.3) is 0 Å². The van der Waals surface area contributed by atoms with Crippen LogP contribution in [0, 0.1) is 17.8 Å². The van der Waals surface area contributed by atoms with Gasteiger partial charge in [0.25, 0.3) is 0 Å². The molecule has 0 bridgehead atoms. The molecule has 1 aliphatic heterocycles. The van der Waals surface area contributed by atoms with Gasteiger partial charge >= 0.3 is 0 Å². The van der Waals surface area contributed by atoms with Crippen LogP contribution in [0.15, 0.2) is 0 Å². The van der Waals surface area contributed by atoms with E-state index in [9.17, 15) is 4.79 Å². The van der Waals surface area contributed by atoms with E-state index in [1.165, 1.54) is 45.2 Å². The number of unbranched alkanes of at least 4 members (excludes halogenated alkanes) is 2. The van der Waals surface area contributed by atoms with Crippen molar-refractivity contribution in [3.63, 3.8) is 0 Å². The third-order valence-corrected chi connectivity index (χ3v) is 4.76. The molecule has 2 rings (SSSR count). The number of carbonyl (C=O) groups is 1. The van der Waals surface area contributed by atoms with Crippen LogP contribution in [0.1, 0.15) is 51.9 Å². The monoisotopic (exact) mass is 237 g/mol. The quantitative estimate of drug-likeness (QED) is 0.700. The fraction of sp³-hybridized carbons (Fsp3) is 0.933. The van der Waals surface area contributed by atoms with Gasteiger partial charge in [0.15, 0.2) is 0 Å². The smallest absolute Gasteiger partial charge is 0.136 e. The van der Waals surface area contributed by atoms with Crippen LogP contribution in [0.4, 0.5) is 0 Å². The molecule has 0 radical (unpaired) electrons. The Morgan fingerprint density at radius 1 is 1.29 bits per heavy atom. The molecule has 2 aliphatic rings. The molecule has 3 unspecified atom stereocenters. The maximum atomic E-state index is 12.1. The van der Waals surface area contributed by atoms with E-state index in [0.29, 0.717) is 17.6 Å². The van der Waals surface area contributed by atoms with E-state index in [-0.39, 0.29) is 0 Å². The molecule has 0 spiro atoms. The van der Waals surface area contributed by atoms with Crippen molar-refractivity contribution >= 4 is 5.78 Å². The van der Waals surface area contributed by atoms with Gasteiger partial charge in [-0.2, -0.15) is 0 Å². The highest BCUT2D eigenvalue weighted by molar-refractivity contribution is 5.82. The Balaban J connectivity index is 1.86. The lowest BCUT2D eigenvalue weighted by atomic mass is 9.69. The predicted molar refractivity (Wildman–Crippen MR) is 71.0 cm³/mol. The van der Waals surface area contributed by atoms with Gasteiger partial charge in [-0.3, -0.25) is 4.79 Å². The molecule has 98 valence electrons. The largest absolute Gasteiger partial charge is 0.306 e. The van der Waals surface area contributed by atoms with Crippen molar-refractivity contribution in [1.29, 1.82) is 0 Å². The summed E-state index contributed by atoms with van der Waals surface area (Å²) >= 11 is 0. The summed E-state index contributed by atoms with van der Waals surface area (Å²) in [5.74, 6) is 2.49.